The van der Waals surface area contributed by atoms with Crippen molar-refractivity contribution < 1.29 is 14.8 Å². The Bertz CT molecular complexity index is 615. The van der Waals surface area contributed by atoms with E-state index in [-0.39, 0.29) is 17.2 Å². The third kappa shape index (κ3) is 2.79. The van der Waals surface area contributed by atoms with E-state index in [9.17, 15) is 15.2 Å². The number of benzene rings is 2. The van der Waals surface area contributed by atoms with Crippen LogP contribution in [0.4, 0.5) is 5.69 Å². The minimum atomic E-state index is -0.485. The molecule has 0 aliphatic heterocycles. The van der Waals surface area contributed by atoms with Gasteiger partial charge in [-0.2, -0.15) is 0 Å². The van der Waals surface area contributed by atoms with Gasteiger partial charge in [-0.15, -0.1) is 0 Å². The molecular weight excluding hydrogens is 266 g/mol. The molecule has 1 N–H and O–H groups in total. The van der Waals surface area contributed by atoms with E-state index in [0.29, 0.717) is 9.79 Å². The molecule has 0 saturated carbocycles. The highest BCUT2D eigenvalue weighted by atomic mass is 32.2. The average molecular weight is 277 g/mol. The monoisotopic (exact) mass is 277 g/mol. The number of phenolic OH excluding ortho intramolecular Hbond substituents is 1. The minimum Gasteiger partial charge on any atom is -0.507 e. The van der Waals surface area contributed by atoms with E-state index in [0.717, 1.165) is 11.8 Å². The van der Waals surface area contributed by atoms with Crippen LogP contribution in [0.2, 0.25) is 0 Å². The minimum absolute atomic E-state index is 0.0876. The number of ether oxygens (including phenoxy) is 1. The first-order chi connectivity index (χ1) is 9.13. The molecule has 0 unspecified atom stereocenters. The first-order valence-electron chi connectivity index (χ1n) is 5.40. The van der Waals surface area contributed by atoms with E-state index in [2.05, 4.69) is 0 Å². The van der Waals surface area contributed by atoms with Crippen LogP contribution in [0.5, 0.6) is 11.5 Å². The molecule has 0 aliphatic rings. The highest BCUT2D eigenvalue weighted by molar-refractivity contribution is 7.99. The van der Waals surface area contributed by atoms with Crippen LogP contribution in [-0.4, -0.2) is 17.1 Å². The number of para-hydroxylation sites is 2. The third-order valence-corrected chi connectivity index (χ3v) is 3.56. The summed E-state index contributed by atoms with van der Waals surface area (Å²) >= 11 is 1.13. The smallest absolute Gasteiger partial charge is 0.324 e. The van der Waals surface area contributed by atoms with Crippen molar-refractivity contribution in [3.63, 3.8) is 0 Å². The fourth-order valence-corrected chi connectivity index (χ4v) is 2.57. The number of methoxy groups -OCH3 is 1. The molecule has 0 heterocycles. The molecule has 5 nitrogen and oxygen atoms in total. The molecule has 0 saturated heterocycles. The molecule has 6 heteroatoms. The molecular formula is C13H11NO4S. The van der Waals surface area contributed by atoms with Crippen LogP contribution >= 0.6 is 11.8 Å². The third-order valence-electron chi connectivity index (χ3n) is 2.45. The van der Waals surface area contributed by atoms with Crippen LogP contribution in [0.1, 0.15) is 0 Å². The zero-order valence-corrected chi connectivity index (χ0v) is 10.9. The van der Waals surface area contributed by atoms with Crippen LogP contribution in [0, 0.1) is 10.1 Å². The van der Waals surface area contributed by atoms with Gasteiger partial charge in [-0.25, -0.2) is 0 Å². The maximum Gasteiger partial charge on any atom is 0.324 e. The van der Waals surface area contributed by atoms with E-state index in [1.54, 1.807) is 30.3 Å². The molecule has 2 aromatic rings. The van der Waals surface area contributed by atoms with Gasteiger partial charge >= 0.3 is 5.69 Å². The van der Waals surface area contributed by atoms with E-state index in [4.69, 9.17) is 4.74 Å². The van der Waals surface area contributed by atoms with Crippen LogP contribution < -0.4 is 4.74 Å². The average Bonchev–Trinajstić information content (AvgIpc) is 2.40. The standard InChI is InChI=1S/C13H11NO4S/c1-18-10-6-4-8-12(13(10)14(16)17)19-11-7-3-2-5-9(11)15/h2-8,15H,1H3. The lowest BCUT2D eigenvalue weighted by atomic mass is 10.3. The number of hydrogen-bond acceptors (Lipinski definition) is 5. The fraction of sp³-hybridized carbons (Fsp3) is 0.0769. The van der Waals surface area contributed by atoms with Crippen molar-refractivity contribution in [2.75, 3.05) is 7.11 Å². The lowest BCUT2D eigenvalue weighted by Gasteiger charge is -2.07. The molecule has 0 atom stereocenters. The summed E-state index contributed by atoms with van der Waals surface area (Å²) in [5, 5.41) is 20.8. The Labute approximate surface area is 114 Å². The molecule has 0 aromatic heterocycles. The van der Waals surface area contributed by atoms with Crippen molar-refractivity contribution in [2.45, 2.75) is 9.79 Å². The van der Waals surface area contributed by atoms with Crippen LogP contribution in [0.25, 0.3) is 0 Å². The zero-order valence-electron chi connectivity index (χ0n) is 10.1. The zero-order chi connectivity index (χ0) is 13.8. The van der Waals surface area contributed by atoms with Gasteiger partial charge in [-0.3, -0.25) is 10.1 Å². The van der Waals surface area contributed by atoms with Crippen molar-refractivity contribution >= 4 is 17.4 Å². The summed E-state index contributed by atoms with van der Waals surface area (Å²) in [6, 6.07) is 11.5. The van der Waals surface area contributed by atoms with Crippen molar-refractivity contribution in [3.05, 3.63) is 52.6 Å². The molecule has 0 radical (unpaired) electrons. The first kappa shape index (κ1) is 13.2. The van der Waals surface area contributed by atoms with Crippen LogP contribution in [0.3, 0.4) is 0 Å². The second-order valence-corrected chi connectivity index (χ2v) is 4.72. The highest BCUT2D eigenvalue weighted by Crippen LogP contribution is 2.42. The van der Waals surface area contributed by atoms with Gasteiger partial charge in [0.1, 0.15) is 5.75 Å². The van der Waals surface area contributed by atoms with Crippen molar-refractivity contribution in [2.24, 2.45) is 0 Å². The molecule has 0 spiro atoms. The van der Waals surface area contributed by atoms with Gasteiger partial charge in [0.2, 0.25) is 0 Å². The summed E-state index contributed by atoms with van der Waals surface area (Å²) < 4.78 is 5.00. The number of nitro benzene ring substituents is 1. The molecule has 2 aromatic carbocycles. The van der Waals surface area contributed by atoms with E-state index < -0.39 is 4.92 Å². The van der Waals surface area contributed by atoms with Gasteiger partial charge in [-0.05, 0) is 24.3 Å². The maximum atomic E-state index is 11.1. The van der Waals surface area contributed by atoms with Gasteiger partial charge in [0.05, 0.1) is 21.8 Å². The fourth-order valence-electron chi connectivity index (χ4n) is 1.59. The second-order valence-electron chi connectivity index (χ2n) is 3.63. The normalized spacial score (nSPS) is 10.2. The van der Waals surface area contributed by atoms with Crippen molar-refractivity contribution in [1.82, 2.24) is 0 Å². The first-order valence-corrected chi connectivity index (χ1v) is 6.22. The Kier molecular flexibility index (Phi) is 3.91. The molecule has 2 rings (SSSR count). The topological polar surface area (TPSA) is 72.6 Å². The number of phenols is 1. The summed E-state index contributed by atoms with van der Waals surface area (Å²) in [4.78, 5) is 11.6. The number of aromatic hydroxyl groups is 1. The predicted molar refractivity (Wildman–Crippen MR) is 71.9 cm³/mol. The number of rotatable bonds is 4. The molecule has 98 valence electrons. The van der Waals surface area contributed by atoms with Gasteiger partial charge < -0.3 is 9.84 Å². The SMILES string of the molecule is COc1cccc(Sc2ccccc2O)c1[N+](=O)[O-]. The summed E-state index contributed by atoms with van der Waals surface area (Å²) in [6.45, 7) is 0. The summed E-state index contributed by atoms with van der Waals surface area (Å²) in [5.41, 5.74) is -0.0988. The van der Waals surface area contributed by atoms with Gasteiger partial charge in [0, 0.05) is 0 Å². The van der Waals surface area contributed by atoms with Gasteiger partial charge in [0.15, 0.2) is 5.75 Å². The highest BCUT2D eigenvalue weighted by Gasteiger charge is 2.21. The Hall–Kier alpha value is -2.21. The Morgan fingerprint density at radius 3 is 2.47 bits per heavy atom. The predicted octanol–water partition coefficient (Wildman–Crippen LogP) is 3.46. The summed E-state index contributed by atoms with van der Waals surface area (Å²) in [5.74, 6) is 0.287. The second kappa shape index (κ2) is 5.62. The Morgan fingerprint density at radius 1 is 1.16 bits per heavy atom. The van der Waals surface area contributed by atoms with E-state index >= 15 is 0 Å². The quantitative estimate of drug-likeness (QED) is 0.684. The van der Waals surface area contributed by atoms with Gasteiger partial charge in [-0.1, -0.05) is 30.0 Å². The number of nitro groups is 1. The Morgan fingerprint density at radius 2 is 1.84 bits per heavy atom. The van der Waals surface area contributed by atoms with Crippen LogP contribution in [0.15, 0.2) is 52.3 Å². The van der Waals surface area contributed by atoms with Crippen molar-refractivity contribution in [3.8, 4) is 11.5 Å². The maximum absolute atomic E-state index is 11.1. The summed E-state index contributed by atoms with van der Waals surface area (Å²) in [7, 11) is 1.39. The lowest BCUT2D eigenvalue weighted by Crippen LogP contribution is -1.95. The number of nitrogens with zero attached hydrogens (tertiary/aromatic N) is 1. The van der Waals surface area contributed by atoms with E-state index in [1.165, 1.54) is 19.2 Å². The summed E-state index contributed by atoms with van der Waals surface area (Å²) in [6.07, 6.45) is 0. The Balaban J connectivity index is 2.46. The van der Waals surface area contributed by atoms with E-state index in [1.807, 2.05) is 0 Å². The molecule has 0 bridgehead atoms. The molecule has 0 amide bonds. The van der Waals surface area contributed by atoms with Gasteiger partial charge in [0.25, 0.3) is 0 Å². The largest absolute Gasteiger partial charge is 0.507 e. The molecule has 19 heavy (non-hydrogen) atoms. The van der Waals surface area contributed by atoms with Crippen molar-refractivity contribution in [1.29, 1.82) is 0 Å². The number of hydrogen-bond donors (Lipinski definition) is 1. The lowest BCUT2D eigenvalue weighted by molar-refractivity contribution is -0.388. The molecule has 0 aliphatic carbocycles. The molecule has 0 fully saturated rings. The van der Waals surface area contributed by atoms with Crippen LogP contribution in [-0.2, 0) is 0 Å².